The molecule has 70 valence electrons. The molecule has 0 fully saturated rings. The van der Waals surface area contributed by atoms with Crippen LogP contribution in [0.15, 0.2) is 18.5 Å². The minimum atomic E-state index is -1.44. The molecule has 0 unspecified atom stereocenters. The molecule has 0 saturated heterocycles. The van der Waals surface area contributed by atoms with Crippen LogP contribution in [-0.2, 0) is 5.41 Å². The topological polar surface area (TPSA) is 53.4 Å². The number of hydrogen-bond donors (Lipinski definition) is 2. The van der Waals surface area contributed by atoms with E-state index in [9.17, 15) is 0 Å². The van der Waals surface area contributed by atoms with Crippen molar-refractivity contribution in [2.75, 3.05) is 0 Å². The van der Waals surface area contributed by atoms with Gasteiger partial charge in [-0.1, -0.05) is 26.8 Å². The van der Waals surface area contributed by atoms with Gasteiger partial charge in [0.15, 0.2) is 0 Å². The highest BCUT2D eigenvalue weighted by molar-refractivity contribution is 6.58. The normalized spacial score (nSPS) is 11.5. The van der Waals surface area contributed by atoms with E-state index in [1.54, 1.807) is 12.3 Å². The van der Waals surface area contributed by atoms with Crippen molar-refractivity contribution >= 4 is 12.6 Å². The molecule has 0 bridgehead atoms. The van der Waals surface area contributed by atoms with Crippen LogP contribution >= 0.6 is 0 Å². The first-order valence-corrected chi connectivity index (χ1v) is 4.23. The third kappa shape index (κ3) is 2.54. The average Bonchev–Trinajstić information content (AvgIpc) is 2.03. The molecule has 0 amide bonds. The summed E-state index contributed by atoms with van der Waals surface area (Å²) in [5, 5.41) is 17.9. The molecule has 0 aliphatic rings. The maximum Gasteiger partial charge on any atom is 0.490 e. The summed E-state index contributed by atoms with van der Waals surface area (Å²) in [5.74, 6) is 0. The number of nitrogens with zero attached hydrogens (tertiary/aromatic N) is 1. The van der Waals surface area contributed by atoms with Crippen molar-refractivity contribution in [3.8, 4) is 0 Å². The van der Waals surface area contributed by atoms with Crippen molar-refractivity contribution in [2.24, 2.45) is 0 Å². The fourth-order valence-corrected chi connectivity index (χ4v) is 1.01. The largest absolute Gasteiger partial charge is 0.490 e. The Balaban J connectivity index is 3.06. The van der Waals surface area contributed by atoms with Crippen molar-refractivity contribution in [3.05, 3.63) is 24.0 Å². The highest BCUT2D eigenvalue weighted by atomic mass is 16.4. The van der Waals surface area contributed by atoms with Gasteiger partial charge < -0.3 is 10.0 Å². The second-order valence-corrected chi connectivity index (χ2v) is 4.13. The first kappa shape index (κ1) is 10.2. The highest BCUT2D eigenvalue weighted by Crippen LogP contribution is 2.19. The second-order valence-electron chi connectivity index (χ2n) is 4.13. The Bertz CT molecular complexity index is 294. The molecule has 1 aromatic heterocycles. The SMILES string of the molecule is CC(C)(C)c1cncc(B(O)O)c1. The van der Waals surface area contributed by atoms with Crippen molar-refractivity contribution in [3.63, 3.8) is 0 Å². The summed E-state index contributed by atoms with van der Waals surface area (Å²) < 4.78 is 0. The molecule has 4 heteroatoms. The van der Waals surface area contributed by atoms with E-state index in [-0.39, 0.29) is 5.41 Å². The quantitative estimate of drug-likeness (QED) is 0.599. The Kier molecular flexibility index (Phi) is 2.73. The smallest absolute Gasteiger partial charge is 0.423 e. The molecule has 1 heterocycles. The van der Waals surface area contributed by atoms with Gasteiger partial charge in [-0.15, -0.1) is 0 Å². The summed E-state index contributed by atoms with van der Waals surface area (Å²) in [7, 11) is -1.44. The van der Waals surface area contributed by atoms with Gasteiger partial charge in [0.1, 0.15) is 0 Å². The van der Waals surface area contributed by atoms with Gasteiger partial charge in [-0.2, -0.15) is 0 Å². The van der Waals surface area contributed by atoms with E-state index in [4.69, 9.17) is 10.0 Å². The molecule has 0 aromatic carbocycles. The number of aromatic nitrogens is 1. The first-order valence-electron chi connectivity index (χ1n) is 4.23. The van der Waals surface area contributed by atoms with E-state index in [0.29, 0.717) is 5.46 Å². The first-order chi connectivity index (χ1) is 5.91. The molecular weight excluding hydrogens is 165 g/mol. The molecular formula is C9H14BNO2. The Morgan fingerprint density at radius 3 is 2.31 bits per heavy atom. The molecule has 13 heavy (non-hydrogen) atoms. The Labute approximate surface area is 78.6 Å². The molecule has 1 rings (SSSR count). The van der Waals surface area contributed by atoms with Crippen LogP contribution in [0, 0.1) is 0 Å². The van der Waals surface area contributed by atoms with Crippen molar-refractivity contribution in [1.82, 2.24) is 4.98 Å². The minimum absolute atomic E-state index is 0.0160. The van der Waals surface area contributed by atoms with Gasteiger partial charge in [-0.05, 0) is 11.0 Å². The Morgan fingerprint density at radius 1 is 1.23 bits per heavy atom. The van der Waals surface area contributed by atoms with E-state index in [1.165, 1.54) is 6.20 Å². The fourth-order valence-electron chi connectivity index (χ4n) is 1.01. The van der Waals surface area contributed by atoms with Crippen LogP contribution in [0.2, 0.25) is 0 Å². The van der Waals surface area contributed by atoms with E-state index < -0.39 is 7.12 Å². The lowest BCUT2D eigenvalue weighted by Gasteiger charge is -2.18. The van der Waals surface area contributed by atoms with E-state index in [1.807, 2.05) is 0 Å². The summed E-state index contributed by atoms with van der Waals surface area (Å²) in [5.41, 5.74) is 1.42. The van der Waals surface area contributed by atoms with E-state index in [0.717, 1.165) is 5.56 Å². The van der Waals surface area contributed by atoms with Crippen molar-refractivity contribution in [2.45, 2.75) is 26.2 Å². The Hall–Kier alpha value is -0.865. The molecule has 0 spiro atoms. The van der Waals surface area contributed by atoms with Crippen LogP contribution in [0.1, 0.15) is 26.3 Å². The standard InChI is InChI=1S/C9H14BNO2/c1-9(2,3)7-4-8(10(12)13)6-11-5-7/h4-6,12-13H,1-3H3. The highest BCUT2D eigenvalue weighted by Gasteiger charge is 2.17. The van der Waals surface area contributed by atoms with Gasteiger partial charge in [-0.3, -0.25) is 4.98 Å². The van der Waals surface area contributed by atoms with E-state index >= 15 is 0 Å². The predicted molar refractivity (Wildman–Crippen MR) is 52.8 cm³/mol. The lowest BCUT2D eigenvalue weighted by molar-refractivity contribution is 0.425. The number of pyridine rings is 1. The molecule has 2 N–H and O–H groups in total. The molecule has 0 saturated carbocycles. The van der Waals surface area contributed by atoms with Gasteiger partial charge in [0.25, 0.3) is 0 Å². The predicted octanol–water partition coefficient (Wildman–Crippen LogP) is 0.0589. The van der Waals surface area contributed by atoms with E-state index in [2.05, 4.69) is 25.8 Å². The van der Waals surface area contributed by atoms with Crippen LogP contribution < -0.4 is 5.46 Å². The maximum absolute atomic E-state index is 8.93. The zero-order valence-corrected chi connectivity index (χ0v) is 8.15. The third-order valence-corrected chi connectivity index (χ3v) is 1.92. The molecule has 0 atom stereocenters. The minimum Gasteiger partial charge on any atom is -0.423 e. The van der Waals surface area contributed by atoms with Gasteiger partial charge in [-0.25, -0.2) is 0 Å². The summed E-state index contributed by atoms with van der Waals surface area (Å²) in [6.45, 7) is 6.16. The lowest BCUT2D eigenvalue weighted by atomic mass is 9.78. The van der Waals surface area contributed by atoms with Crippen LogP contribution in [0.3, 0.4) is 0 Å². The molecule has 0 aliphatic heterocycles. The van der Waals surface area contributed by atoms with Crippen LogP contribution in [0.25, 0.3) is 0 Å². The second kappa shape index (κ2) is 3.48. The lowest BCUT2D eigenvalue weighted by Crippen LogP contribution is -2.31. The average molecular weight is 179 g/mol. The van der Waals surface area contributed by atoms with Crippen molar-refractivity contribution in [1.29, 1.82) is 0 Å². The van der Waals surface area contributed by atoms with Gasteiger partial charge in [0.05, 0.1) is 0 Å². The monoisotopic (exact) mass is 179 g/mol. The molecule has 0 aliphatic carbocycles. The zero-order valence-electron chi connectivity index (χ0n) is 8.15. The number of hydrogen-bond acceptors (Lipinski definition) is 3. The van der Waals surface area contributed by atoms with Gasteiger partial charge in [0.2, 0.25) is 0 Å². The third-order valence-electron chi connectivity index (χ3n) is 1.92. The summed E-state index contributed by atoms with van der Waals surface area (Å²) >= 11 is 0. The Morgan fingerprint density at radius 2 is 1.85 bits per heavy atom. The molecule has 0 radical (unpaired) electrons. The summed E-state index contributed by atoms with van der Waals surface area (Å²) in [4.78, 5) is 3.95. The molecule has 3 nitrogen and oxygen atoms in total. The van der Waals surface area contributed by atoms with Crippen LogP contribution in [-0.4, -0.2) is 22.2 Å². The van der Waals surface area contributed by atoms with Crippen LogP contribution in [0.5, 0.6) is 0 Å². The van der Waals surface area contributed by atoms with Gasteiger partial charge in [0, 0.05) is 17.9 Å². The summed E-state index contributed by atoms with van der Waals surface area (Å²) in [6.07, 6.45) is 3.20. The van der Waals surface area contributed by atoms with Gasteiger partial charge >= 0.3 is 7.12 Å². The zero-order chi connectivity index (χ0) is 10.1. The maximum atomic E-state index is 8.93. The van der Waals surface area contributed by atoms with Crippen LogP contribution in [0.4, 0.5) is 0 Å². The molecule has 1 aromatic rings. The van der Waals surface area contributed by atoms with Crippen molar-refractivity contribution < 1.29 is 10.0 Å². The fraction of sp³-hybridized carbons (Fsp3) is 0.444. The number of rotatable bonds is 1. The summed E-state index contributed by atoms with van der Waals surface area (Å²) in [6, 6.07) is 1.76.